The Kier molecular flexibility index (Phi) is 5.50. The zero-order chi connectivity index (χ0) is 21.5. The minimum absolute atomic E-state index is 0.0132. The van der Waals surface area contributed by atoms with Gasteiger partial charge in [0.25, 0.3) is 5.91 Å². The molecule has 0 aromatic heterocycles. The number of amides is 1. The number of benzene rings is 2. The van der Waals surface area contributed by atoms with Gasteiger partial charge in [-0.3, -0.25) is 9.59 Å². The van der Waals surface area contributed by atoms with Crippen molar-refractivity contribution in [1.82, 2.24) is 0 Å². The lowest BCUT2D eigenvalue weighted by Crippen LogP contribution is -2.37. The highest BCUT2D eigenvalue weighted by Crippen LogP contribution is 2.41. The third kappa shape index (κ3) is 4.32. The van der Waals surface area contributed by atoms with E-state index in [4.69, 9.17) is 0 Å². The smallest absolute Gasteiger partial charge is 0.252 e. The Balaban J connectivity index is 1.66. The number of sulfone groups is 1. The molecule has 30 heavy (non-hydrogen) atoms. The SMILES string of the molecule is CC(=O)c1cccc(N2C(=NC(=O)Cc3ccc(F)cc3)S[C@H]3CS(=O)(=O)C[C@@H]32)c1. The van der Waals surface area contributed by atoms with Gasteiger partial charge in [-0.05, 0) is 36.8 Å². The lowest BCUT2D eigenvalue weighted by atomic mass is 10.1. The second-order valence-electron chi connectivity index (χ2n) is 7.37. The van der Waals surface area contributed by atoms with E-state index in [0.29, 0.717) is 22.0 Å². The number of hydrogen-bond acceptors (Lipinski definition) is 5. The van der Waals surface area contributed by atoms with Crippen molar-refractivity contribution in [2.75, 3.05) is 16.4 Å². The molecule has 0 unspecified atom stereocenters. The number of carbonyl (C=O) groups is 2. The molecule has 0 bridgehead atoms. The van der Waals surface area contributed by atoms with Crippen LogP contribution in [0.5, 0.6) is 0 Å². The molecule has 2 aliphatic rings. The van der Waals surface area contributed by atoms with Crippen LogP contribution in [-0.2, 0) is 21.1 Å². The van der Waals surface area contributed by atoms with E-state index in [1.54, 1.807) is 29.2 Å². The second kappa shape index (κ2) is 7.96. The van der Waals surface area contributed by atoms with E-state index in [-0.39, 0.29) is 40.8 Å². The molecule has 2 aliphatic heterocycles. The highest BCUT2D eigenvalue weighted by atomic mass is 32.2. The van der Waals surface area contributed by atoms with Crippen molar-refractivity contribution < 1.29 is 22.4 Å². The van der Waals surface area contributed by atoms with Gasteiger partial charge in [0.15, 0.2) is 20.8 Å². The summed E-state index contributed by atoms with van der Waals surface area (Å²) in [5.74, 6) is -0.893. The third-order valence-corrected chi connectivity index (χ3v) is 8.30. The molecule has 2 atom stereocenters. The number of fused-ring (bicyclic) bond motifs is 1. The molecule has 2 saturated heterocycles. The van der Waals surface area contributed by atoms with Gasteiger partial charge < -0.3 is 4.90 Å². The number of ketones is 1. The number of halogens is 1. The molecule has 2 heterocycles. The summed E-state index contributed by atoms with van der Waals surface area (Å²) in [6, 6.07) is 12.2. The van der Waals surface area contributed by atoms with Crippen molar-refractivity contribution in [3.05, 3.63) is 65.5 Å². The van der Waals surface area contributed by atoms with Crippen molar-refractivity contribution in [3.63, 3.8) is 0 Å². The van der Waals surface area contributed by atoms with Crippen LogP contribution in [0, 0.1) is 5.82 Å². The predicted octanol–water partition coefficient (Wildman–Crippen LogP) is 2.87. The Morgan fingerprint density at radius 1 is 1.17 bits per heavy atom. The predicted molar refractivity (Wildman–Crippen MR) is 115 cm³/mol. The van der Waals surface area contributed by atoms with Crippen LogP contribution in [0.15, 0.2) is 53.5 Å². The summed E-state index contributed by atoms with van der Waals surface area (Å²) in [6.07, 6.45) is 0.0132. The monoisotopic (exact) mass is 446 g/mol. The fourth-order valence-electron chi connectivity index (χ4n) is 3.66. The minimum atomic E-state index is -3.18. The first kappa shape index (κ1) is 20.7. The number of Topliss-reactive ketones (excluding diaryl/α,β-unsaturated/α-hetero) is 1. The molecule has 156 valence electrons. The zero-order valence-corrected chi connectivity index (χ0v) is 17.7. The van der Waals surface area contributed by atoms with Crippen molar-refractivity contribution in [1.29, 1.82) is 0 Å². The van der Waals surface area contributed by atoms with Crippen LogP contribution in [0.25, 0.3) is 0 Å². The van der Waals surface area contributed by atoms with Gasteiger partial charge in [-0.25, -0.2) is 12.8 Å². The number of aliphatic imine (C=N–C) groups is 1. The molecule has 0 spiro atoms. The van der Waals surface area contributed by atoms with Crippen molar-refractivity contribution >= 4 is 44.1 Å². The van der Waals surface area contributed by atoms with Gasteiger partial charge in [0, 0.05) is 16.5 Å². The Hall–Kier alpha value is -2.52. The highest BCUT2D eigenvalue weighted by molar-refractivity contribution is 8.16. The second-order valence-corrected chi connectivity index (χ2v) is 10.7. The van der Waals surface area contributed by atoms with Crippen LogP contribution in [0.3, 0.4) is 0 Å². The summed E-state index contributed by atoms with van der Waals surface area (Å²) in [5.41, 5.74) is 1.77. The Morgan fingerprint density at radius 2 is 1.90 bits per heavy atom. The van der Waals surface area contributed by atoms with E-state index in [1.165, 1.54) is 43.0 Å². The standard InChI is InChI=1S/C21H19FN2O4S2/c1-13(25)15-3-2-4-17(10-15)24-18-11-30(27,28)12-19(18)29-21(24)23-20(26)9-14-5-7-16(22)8-6-14/h2-8,10,18-19H,9,11-12H2,1H3/t18-,19-/m0/s1. The van der Waals surface area contributed by atoms with Crippen molar-refractivity contribution in [2.45, 2.75) is 24.6 Å². The number of amidine groups is 1. The average Bonchev–Trinajstić information content (AvgIpc) is 3.14. The maximum absolute atomic E-state index is 13.1. The van der Waals surface area contributed by atoms with E-state index < -0.39 is 15.7 Å². The maximum atomic E-state index is 13.1. The van der Waals surface area contributed by atoms with E-state index >= 15 is 0 Å². The number of anilines is 1. The summed E-state index contributed by atoms with van der Waals surface area (Å²) in [7, 11) is -3.18. The molecule has 0 aliphatic carbocycles. The average molecular weight is 447 g/mol. The van der Waals surface area contributed by atoms with E-state index in [0.717, 1.165) is 0 Å². The number of nitrogens with zero attached hydrogens (tertiary/aromatic N) is 2. The minimum Gasteiger partial charge on any atom is -0.316 e. The molecule has 2 aromatic rings. The number of rotatable bonds is 4. The number of carbonyl (C=O) groups excluding carboxylic acids is 2. The molecule has 2 fully saturated rings. The van der Waals surface area contributed by atoms with E-state index in [9.17, 15) is 22.4 Å². The van der Waals surface area contributed by atoms with E-state index in [2.05, 4.69) is 4.99 Å². The van der Waals surface area contributed by atoms with Gasteiger partial charge in [-0.1, -0.05) is 36.0 Å². The number of hydrogen-bond donors (Lipinski definition) is 0. The molecule has 0 radical (unpaired) electrons. The molecular weight excluding hydrogens is 427 g/mol. The Bertz CT molecular complexity index is 1150. The lowest BCUT2D eigenvalue weighted by molar-refractivity contribution is -0.117. The molecule has 2 aromatic carbocycles. The summed E-state index contributed by atoms with van der Waals surface area (Å²) in [6.45, 7) is 1.46. The molecule has 4 rings (SSSR count). The molecule has 0 saturated carbocycles. The molecule has 9 heteroatoms. The van der Waals surface area contributed by atoms with E-state index in [1.807, 2.05) is 0 Å². The fraction of sp³-hybridized carbons (Fsp3) is 0.286. The highest BCUT2D eigenvalue weighted by Gasteiger charge is 2.49. The van der Waals surface area contributed by atoms with Gasteiger partial charge in [-0.2, -0.15) is 4.99 Å². The quantitative estimate of drug-likeness (QED) is 0.672. The topological polar surface area (TPSA) is 83.9 Å². The summed E-state index contributed by atoms with van der Waals surface area (Å²) in [4.78, 5) is 30.4. The van der Waals surface area contributed by atoms with Crippen LogP contribution in [0.1, 0.15) is 22.8 Å². The summed E-state index contributed by atoms with van der Waals surface area (Å²) < 4.78 is 37.4. The third-order valence-electron chi connectivity index (χ3n) is 5.09. The largest absolute Gasteiger partial charge is 0.316 e. The van der Waals surface area contributed by atoms with Gasteiger partial charge in [-0.15, -0.1) is 0 Å². The van der Waals surface area contributed by atoms with Crippen LogP contribution < -0.4 is 4.90 Å². The summed E-state index contributed by atoms with van der Waals surface area (Å²) in [5, 5.41) is 0.195. The van der Waals surface area contributed by atoms with Crippen molar-refractivity contribution in [3.8, 4) is 0 Å². The van der Waals surface area contributed by atoms with Gasteiger partial charge in [0.05, 0.1) is 24.0 Å². The van der Waals surface area contributed by atoms with Gasteiger partial charge >= 0.3 is 0 Å². The van der Waals surface area contributed by atoms with Crippen LogP contribution in [0.2, 0.25) is 0 Å². The van der Waals surface area contributed by atoms with Gasteiger partial charge in [0.2, 0.25) is 0 Å². The normalized spacial score (nSPS) is 23.5. The zero-order valence-electron chi connectivity index (χ0n) is 16.1. The summed E-state index contributed by atoms with van der Waals surface area (Å²) >= 11 is 1.27. The fourth-order valence-corrected chi connectivity index (χ4v) is 7.60. The lowest BCUT2D eigenvalue weighted by Gasteiger charge is -2.24. The van der Waals surface area contributed by atoms with Crippen molar-refractivity contribution in [2.24, 2.45) is 4.99 Å². The maximum Gasteiger partial charge on any atom is 0.252 e. The first-order valence-electron chi connectivity index (χ1n) is 9.35. The Morgan fingerprint density at radius 3 is 2.60 bits per heavy atom. The number of thioether (sulfide) groups is 1. The Labute approximate surface area is 178 Å². The molecule has 0 N–H and O–H groups in total. The van der Waals surface area contributed by atoms with Gasteiger partial charge in [0.1, 0.15) is 5.82 Å². The van der Waals surface area contributed by atoms with Crippen LogP contribution in [-0.4, -0.2) is 48.1 Å². The van der Waals surface area contributed by atoms with Crippen LogP contribution in [0.4, 0.5) is 10.1 Å². The first-order chi connectivity index (χ1) is 14.2. The molecular formula is C21H19FN2O4S2. The first-order valence-corrected chi connectivity index (χ1v) is 12.1. The molecule has 6 nitrogen and oxygen atoms in total. The molecule has 1 amide bonds. The van der Waals surface area contributed by atoms with Crippen LogP contribution >= 0.6 is 11.8 Å².